The number of hydrogen-bond acceptors (Lipinski definition) is 5. The second kappa shape index (κ2) is 6.80. The molecule has 0 fully saturated rings. The van der Waals surface area contributed by atoms with Crippen molar-refractivity contribution in [3.8, 4) is 5.88 Å². The van der Waals surface area contributed by atoms with E-state index in [9.17, 15) is 4.79 Å². The van der Waals surface area contributed by atoms with Crippen LogP contribution in [0.2, 0.25) is 0 Å². The van der Waals surface area contributed by atoms with E-state index in [2.05, 4.69) is 23.7 Å². The first-order valence-electron chi connectivity index (χ1n) is 5.92. The first kappa shape index (κ1) is 14.2. The number of nitrogens with zero attached hydrogens (tertiary/aromatic N) is 2. The normalized spacial score (nSPS) is 10.6. The van der Waals surface area contributed by atoms with Crippen molar-refractivity contribution >= 4 is 11.7 Å². The van der Waals surface area contributed by atoms with Crippen molar-refractivity contribution in [1.82, 2.24) is 9.88 Å². The molecule has 0 aromatic carbocycles. The number of ether oxygens (including phenoxy) is 1. The van der Waals surface area contributed by atoms with Gasteiger partial charge in [0.25, 0.3) is 0 Å². The number of pyridine rings is 1. The second-order valence-corrected chi connectivity index (χ2v) is 3.80. The summed E-state index contributed by atoms with van der Waals surface area (Å²) in [5, 5.41) is 8.77. The van der Waals surface area contributed by atoms with Gasteiger partial charge in [0.1, 0.15) is 6.61 Å². The molecule has 0 atom stereocenters. The number of aromatic carboxylic acids is 1. The maximum absolute atomic E-state index is 10.7. The topological polar surface area (TPSA) is 88.7 Å². The van der Waals surface area contributed by atoms with E-state index in [1.165, 1.54) is 12.3 Å². The van der Waals surface area contributed by atoms with Gasteiger partial charge in [-0.2, -0.15) is 0 Å². The highest BCUT2D eigenvalue weighted by Crippen LogP contribution is 2.18. The monoisotopic (exact) mass is 253 g/mol. The van der Waals surface area contributed by atoms with Gasteiger partial charge in [-0.05, 0) is 19.2 Å². The van der Waals surface area contributed by atoms with E-state index in [0.717, 1.165) is 19.6 Å². The molecular weight excluding hydrogens is 234 g/mol. The molecule has 0 bridgehead atoms. The molecule has 0 aliphatic heterocycles. The third-order valence-corrected chi connectivity index (χ3v) is 2.67. The fraction of sp³-hybridized carbons (Fsp3) is 0.500. The summed E-state index contributed by atoms with van der Waals surface area (Å²) in [7, 11) is 0. The van der Waals surface area contributed by atoms with Crippen LogP contribution in [0, 0.1) is 0 Å². The Morgan fingerprint density at radius 1 is 1.50 bits per heavy atom. The average Bonchev–Trinajstić information content (AvgIpc) is 2.36. The number of nitrogens with two attached hydrogens (primary N) is 1. The van der Waals surface area contributed by atoms with E-state index in [1.54, 1.807) is 0 Å². The summed E-state index contributed by atoms with van der Waals surface area (Å²) in [4.78, 5) is 16.8. The SMILES string of the molecule is CCN(CC)CCOc1ncc(C(=O)O)cc1N. The van der Waals surface area contributed by atoms with Crippen LogP contribution in [0.4, 0.5) is 5.69 Å². The zero-order chi connectivity index (χ0) is 13.5. The number of rotatable bonds is 7. The van der Waals surface area contributed by atoms with Crippen molar-refractivity contribution in [1.29, 1.82) is 0 Å². The van der Waals surface area contributed by atoms with Crippen molar-refractivity contribution in [2.24, 2.45) is 0 Å². The Kier molecular flexibility index (Phi) is 5.38. The lowest BCUT2D eigenvalue weighted by atomic mass is 10.2. The van der Waals surface area contributed by atoms with Gasteiger partial charge in [0, 0.05) is 12.7 Å². The van der Waals surface area contributed by atoms with Crippen molar-refractivity contribution in [3.63, 3.8) is 0 Å². The Bertz CT molecular complexity index is 406. The largest absolute Gasteiger partial charge is 0.478 e. The Labute approximate surface area is 106 Å². The standard InChI is InChI=1S/C12H19N3O3/c1-3-15(4-2)5-6-18-11-10(13)7-9(8-14-11)12(16)17/h7-8H,3-6,13H2,1-2H3,(H,16,17). The molecule has 0 unspecified atom stereocenters. The maximum Gasteiger partial charge on any atom is 0.337 e. The van der Waals surface area contributed by atoms with Crippen molar-refractivity contribution in [2.75, 3.05) is 32.0 Å². The van der Waals surface area contributed by atoms with Crippen LogP contribution >= 0.6 is 0 Å². The summed E-state index contributed by atoms with van der Waals surface area (Å²) in [6.45, 7) is 7.34. The van der Waals surface area contributed by atoms with Gasteiger partial charge in [0.2, 0.25) is 5.88 Å². The Morgan fingerprint density at radius 3 is 2.67 bits per heavy atom. The molecule has 0 spiro atoms. The number of carboxylic acids is 1. The number of anilines is 1. The molecule has 0 saturated heterocycles. The third kappa shape index (κ3) is 3.89. The summed E-state index contributed by atoms with van der Waals surface area (Å²) in [6, 6.07) is 1.35. The quantitative estimate of drug-likeness (QED) is 0.756. The lowest BCUT2D eigenvalue weighted by molar-refractivity contribution is 0.0696. The molecule has 1 aromatic rings. The van der Waals surface area contributed by atoms with E-state index in [-0.39, 0.29) is 17.1 Å². The van der Waals surface area contributed by atoms with Crippen molar-refractivity contribution in [3.05, 3.63) is 17.8 Å². The van der Waals surface area contributed by atoms with Crippen LogP contribution in [0.15, 0.2) is 12.3 Å². The lowest BCUT2D eigenvalue weighted by Crippen LogP contribution is -2.28. The number of nitrogen functional groups attached to an aromatic ring is 1. The number of carbonyl (C=O) groups is 1. The van der Waals surface area contributed by atoms with E-state index >= 15 is 0 Å². The zero-order valence-electron chi connectivity index (χ0n) is 10.7. The van der Waals surface area contributed by atoms with Crippen LogP contribution in [0.5, 0.6) is 5.88 Å². The first-order chi connectivity index (χ1) is 8.58. The predicted molar refractivity (Wildman–Crippen MR) is 68.9 cm³/mol. The van der Waals surface area contributed by atoms with Gasteiger partial charge in [0.05, 0.1) is 11.3 Å². The molecule has 1 rings (SSSR count). The molecule has 1 aromatic heterocycles. The van der Waals surface area contributed by atoms with Crippen molar-refractivity contribution in [2.45, 2.75) is 13.8 Å². The Balaban J connectivity index is 2.55. The fourth-order valence-electron chi connectivity index (χ4n) is 1.52. The van der Waals surface area contributed by atoms with Gasteiger partial charge in [-0.3, -0.25) is 0 Å². The Hall–Kier alpha value is -1.82. The van der Waals surface area contributed by atoms with Gasteiger partial charge in [-0.15, -0.1) is 0 Å². The van der Waals surface area contributed by atoms with E-state index in [0.29, 0.717) is 6.61 Å². The molecule has 0 saturated carbocycles. The molecule has 18 heavy (non-hydrogen) atoms. The molecule has 100 valence electrons. The van der Waals surface area contributed by atoms with Gasteiger partial charge >= 0.3 is 5.97 Å². The smallest absolute Gasteiger partial charge is 0.337 e. The summed E-state index contributed by atoms with van der Waals surface area (Å²) >= 11 is 0. The first-order valence-corrected chi connectivity index (χ1v) is 5.92. The van der Waals surface area contributed by atoms with Crippen LogP contribution in [0.3, 0.4) is 0 Å². The van der Waals surface area contributed by atoms with E-state index < -0.39 is 5.97 Å². The van der Waals surface area contributed by atoms with Crippen LogP contribution in [0.1, 0.15) is 24.2 Å². The summed E-state index contributed by atoms with van der Waals surface area (Å²) in [5.41, 5.74) is 5.98. The molecule has 0 aliphatic rings. The number of hydrogen-bond donors (Lipinski definition) is 2. The highest BCUT2D eigenvalue weighted by Gasteiger charge is 2.09. The molecule has 0 aliphatic carbocycles. The van der Waals surface area contributed by atoms with Gasteiger partial charge < -0.3 is 20.5 Å². The van der Waals surface area contributed by atoms with Crippen LogP contribution < -0.4 is 10.5 Å². The minimum absolute atomic E-state index is 0.0589. The number of carboxylic acid groups (broad SMARTS) is 1. The summed E-state index contributed by atoms with van der Waals surface area (Å²) < 4.78 is 5.43. The van der Waals surface area contributed by atoms with Gasteiger partial charge in [0.15, 0.2) is 0 Å². The minimum Gasteiger partial charge on any atom is -0.478 e. The summed E-state index contributed by atoms with van der Waals surface area (Å²) in [5.74, 6) is -0.768. The van der Waals surface area contributed by atoms with Crippen LogP contribution in [-0.4, -0.2) is 47.2 Å². The molecule has 6 nitrogen and oxygen atoms in total. The highest BCUT2D eigenvalue weighted by molar-refractivity contribution is 5.88. The molecule has 6 heteroatoms. The average molecular weight is 253 g/mol. The molecule has 0 amide bonds. The minimum atomic E-state index is -1.05. The van der Waals surface area contributed by atoms with E-state index in [1.807, 2.05) is 0 Å². The van der Waals surface area contributed by atoms with Crippen LogP contribution in [0.25, 0.3) is 0 Å². The number of aromatic nitrogens is 1. The number of likely N-dealkylation sites (N-methyl/N-ethyl adjacent to an activating group) is 1. The van der Waals surface area contributed by atoms with Gasteiger partial charge in [-0.1, -0.05) is 13.8 Å². The maximum atomic E-state index is 10.7. The third-order valence-electron chi connectivity index (χ3n) is 2.67. The van der Waals surface area contributed by atoms with Crippen LogP contribution in [-0.2, 0) is 0 Å². The second-order valence-electron chi connectivity index (χ2n) is 3.80. The molecular formula is C12H19N3O3. The summed E-state index contributed by atoms with van der Waals surface area (Å²) in [6.07, 6.45) is 1.24. The zero-order valence-corrected chi connectivity index (χ0v) is 10.7. The lowest BCUT2D eigenvalue weighted by Gasteiger charge is -2.18. The Morgan fingerprint density at radius 2 is 2.17 bits per heavy atom. The molecule has 1 heterocycles. The fourth-order valence-corrected chi connectivity index (χ4v) is 1.52. The molecule has 3 N–H and O–H groups in total. The predicted octanol–water partition coefficient (Wildman–Crippen LogP) is 1.08. The highest BCUT2D eigenvalue weighted by atomic mass is 16.5. The van der Waals surface area contributed by atoms with E-state index in [4.69, 9.17) is 15.6 Å². The van der Waals surface area contributed by atoms with Gasteiger partial charge in [-0.25, -0.2) is 9.78 Å². The van der Waals surface area contributed by atoms with Crippen molar-refractivity contribution < 1.29 is 14.6 Å². The molecule has 0 radical (unpaired) electrons.